The van der Waals surface area contributed by atoms with Gasteiger partial charge in [0.2, 0.25) is 0 Å². The van der Waals surface area contributed by atoms with E-state index in [1.54, 1.807) is 12.1 Å². The van der Waals surface area contributed by atoms with Crippen LogP contribution >= 0.6 is 0 Å². The van der Waals surface area contributed by atoms with Crippen LogP contribution in [0.3, 0.4) is 0 Å². The molecule has 8 heteroatoms. The Kier molecular flexibility index (Phi) is 2.96. The maximum atomic E-state index is 12.9. The van der Waals surface area contributed by atoms with Gasteiger partial charge in [0.25, 0.3) is 5.56 Å². The molecule has 0 aliphatic rings. The zero-order valence-electron chi connectivity index (χ0n) is 12.0. The molecular formula is C16H9F3N4O. The molecule has 0 bridgehead atoms. The fourth-order valence-corrected chi connectivity index (χ4v) is 2.65. The minimum absolute atomic E-state index is 0.218. The highest BCUT2D eigenvalue weighted by Gasteiger charge is 2.30. The van der Waals surface area contributed by atoms with Crippen LogP contribution in [0.15, 0.2) is 53.6 Å². The van der Waals surface area contributed by atoms with Gasteiger partial charge in [0.15, 0.2) is 0 Å². The van der Waals surface area contributed by atoms with Crippen LogP contribution < -0.4 is 5.56 Å². The first-order chi connectivity index (χ1) is 11.4. The molecule has 24 heavy (non-hydrogen) atoms. The largest absolute Gasteiger partial charge is 0.416 e. The third-order valence-electron chi connectivity index (χ3n) is 3.73. The summed E-state index contributed by atoms with van der Waals surface area (Å²) in [5.41, 5.74) is -0.189. The summed E-state index contributed by atoms with van der Waals surface area (Å²) in [6.07, 6.45) is -1.60. The van der Waals surface area contributed by atoms with Gasteiger partial charge in [-0.2, -0.15) is 18.3 Å². The lowest BCUT2D eigenvalue weighted by Gasteiger charge is -2.10. The lowest BCUT2D eigenvalue weighted by Crippen LogP contribution is -2.08. The molecule has 0 aliphatic carbocycles. The van der Waals surface area contributed by atoms with Gasteiger partial charge in [0.05, 0.1) is 28.4 Å². The standard InChI is InChI=1S/C16H9F3N4O/c17-16(18,19)9-3-1-4-10(7-9)23-13-11-5-2-6-20-14(11)22-15(24)12(13)8-21-23/h1-8H,(H,20,22,24). The van der Waals surface area contributed by atoms with Crippen LogP contribution in [0.5, 0.6) is 0 Å². The minimum Gasteiger partial charge on any atom is -0.306 e. The van der Waals surface area contributed by atoms with Gasteiger partial charge in [-0.1, -0.05) is 6.07 Å². The number of aromatic nitrogens is 4. The lowest BCUT2D eigenvalue weighted by atomic mass is 10.2. The first-order valence-electron chi connectivity index (χ1n) is 6.97. The Hall–Kier alpha value is -3.16. The summed E-state index contributed by atoms with van der Waals surface area (Å²) in [6, 6.07) is 8.21. The van der Waals surface area contributed by atoms with Gasteiger partial charge in [-0.15, -0.1) is 0 Å². The monoisotopic (exact) mass is 330 g/mol. The van der Waals surface area contributed by atoms with E-state index in [0.717, 1.165) is 12.1 Å². The number of hydrogen-bond acceptors (Lipinski definition) is 3. The molecule has 0 radical (unpaired) electrons. The van der Waals surface area contributed by atoms with Gasteiger partial charge < -0.3 is 4.98 Å². The Labute approximate surface area is 132 Å². The third-order valence-corrected chi connectivity index (χ3v) is 3.73. The van der Waals surface area contributed by atoms with Crippen LogP contribution in [0, 0.1) is 0 Å². The molecule has 0 saturated carbocycles. The second-order valence-corrected chi connectivity index (χ2v) is 5.22. The van der Waals surface area contributed by atoms with E-state index >= 15 is 0 Å². The van der Waals surface area contributed by atoms with Gasteiger partial charge in [-0.3, -0.25) is 4.79 Å². The predicted octanol–water partition coefficient (Wildman–Crippen LogP) is 3.28. The Morgan fingerprint density at radius 2 is 1.92 bits per heavy atom. The van der Waals surface area contributed by atoms with E-state index in [1.165, 1.54) is 29.2 Å². The molecule has 4 aromatic rings. The number of pyridine rings is 2. The summed E-state index contributed by atoms with van der Waals surface area (Å²) < 4.78 is 40.2. The number of H-pyrrole nitrogens is 1. The van der Waals surface area contributed by atoms with Crippen LogP contribution in [0.4, 0.5) is 13.2 Å². The highest BCUT2D eigenvalue weighted by Crippen LogP contribution is 2.31. The van der Waals surface area contributed by atoms with Crippen LogP contribution in [-0.2, 0) is 6.18 Å². The molecule has 0 amide bonds. The first-order valence-corrected chi connectivity index (χ1v) is 6.97. The van der Waals surface area contributed by atoms with Crippen LogP contribution in [0.2, 0.25) is 0 Å². The maximum absolute atomic E-state index is 12.9. The number of nitrogens with one attached hydrogen (secondary N) is 1. The van der Waals surface area contributed by atoms with Crippen molar-refractivity contribution in [2.24, 2.45) is 0 Å². The summed E-state index contributed by atoms with van der Waals surface area (Å²) in [5.74, 6) is 0. The number of fused-ring (bicyclic) bond motifs is 3. The van der Waals surface area contributed by atoms with E-state index in [4.69, 9.17) is 0 Å². The van der Waals surface area contributed by atoms with Gasteiger partial charge in [-0.05, 0) is 30.3 Å². The van der Waals surface area contributed by atoms with E-state index in [1.807, 2.05) is 0 Å². The lowest BCUT2D eigenvalue weighted by molar-refractivity contribution is -0.137. The fraction of sp³-hybridized carbons (Fsp3) is 0.0625. The summed E-state index contributed by atoms with van der Waals surface area (Å²) in [4.78, 5) is 18.9. The van der Waals surface area contributed by atoms with Crippen molar-refractivity contribution >= 4 is 21.9 Å². The molecule has 5 nitrogen and oxygen atoms in total. The van der Waals surface area contributed by atoms with E-state index in [2.05, 4.69) is 15.1 Å². The van der Waals surface area contributed by atoms with E-state index in [9.17, 15) is 18.0 Å². The minimum atomic E-state index is -4.46. The molecule has 0 fully saturated rings. The third kappa shape index (κ3) is 2.15. The molecule has 0 spiro atoms. The van der Waals surface area contributed by atoms with E-state index in [0.29, 0.717) is 16.6 Å². The Morgan fingerprint density at radius 3 is 2.71 bits per heavy atom. The normalized spacial score (nSPS) is 12.1. The average molecular weight is 330 g/mol. The highest BCUT2D eigenvalue weighted by molar-refractivity contribution is 6.02. The predicted molar refractivity (Wildman–Crippen MR) is 82.0 cm³/mol. The van der Waals surface area contributed by atoms with Gasteiger partial charge in [0, 0.05) is 11.6 Å². The molecule has 0 saturated heterocycles. The van der Waals surface area contributed by atoms with Crippen LogP contribution in [0.1, 0.15) is 5.56 Å². The second kappa shape index (κ2) is 4.92. The number of nitrogens with zero attached hydrogens (tertiary/aromatic N) is 3. The summed E-state index contributed by atoms with van der Waals surface area (Å²) in [7, 11) is 0. The number of alkyl halides is 3. The van der Waals surface area contributed by atoms with Crippen molar-refractivity contribution in [1.29, 1.82) is 0 Å². The molecule has 4 rings (SSSR count). The summed E-state index contributed by atoms with van der Waals surface area (Å²) in [6.45, 7) is 0. The fourth-order valence-electron chi connectivity index (χ4n) is 2.65. The van der Waals surface area contributed by atoms with Crippen molar-refractivity contribution in [3.8, 4) is 5.69 Å². The maximum Gasteiger partial charge on any atom is 0.416 e. The van der Waals surface area contributed by atoms with Gasteiger partial charge in [0.1, 0.15) is 5.65 Å². The average Bonchev–Trinajstić information content (AvgIpc) is 3.00. The molecule has 0 aliphatic heterocycles. The van der Waals surface area contributed by atoms with Crippen molar-refractivity contribution in [2.75, 3.05) is 0 Å². The summed E-state index contributed by atoms with van der Waals surface area (Å²) >= 11 is 0. The van der Waals surface area contributed by atoms with Crippen molar-refractivity contribution < 1.29 is 13.2 Å². The summed E-state index contributed by atoms with van der Waals surface area (Å²) in [5, 5.41) is 4.99. The number of halogens is 3. The molecular weight excluding hydrogens is 321 g/mol. The first kappa shape index (κ1) is 14.4. The topological polar surface area (TPSA) is 63.6 Å². The van der Waals surface area contributed by atoms with E-state index in [-0.39, 0.29) is 11.1 Å². The van der Waals surface area contributed by atoms with Gasteiger partial charge in [-0.25, -0.2) is 9.67 Å². The molecule has 3 heterocycles. The van der Waals surface area contributed by atoms with Crippen LogP contribution in [-0.4, -0.2) is 19.7 Å². The molecule has 120 valence electrons. The quantitative estimate of drug-likeness (QED) is 0.582. The number of rotatable bonds is 1. The number of hydrogen-bond donors (Lipinski definition) is 1. The van der Waals surface area contributed by atoms with E-state index < -0.39 is 17.3 Å². The smallest absolute Gasteiger partial charge is 0.306 e. The zero-order valence-corrected chi connectivity index (χ0v) is 12.0. The highest BCUT2D eigenvalue weighted by atomic mass is 19.4. The van der Waals surface area contributed by atoms with Gasteiger partial charge >= 0.3 is 6.18 Å². The van der Waals surface area contributed by atoms with Crippen molar-refractivity contribution in [3.63, 3.8) is 0 Å². The molecule has 1 N–H and O–H groups in total. The van der Waals surface area contributed by atoms with Crippen molar-refractivity contribution in [3.05, 3.63) is 64.7 Å². The van der Waals surface area contributed by atoms with Crippen molar-refractivity contribution in [1.82, 2.24) is 19.7 Å². The van der Waals surface area contributed by atoms with Crippen molar-refractivity contribution in [2.45, 2.75) is 6.18 Å². The Bertz CT molecular complexity index is 1130. The SMILES string of the molecule is O=c1[nH]c2ncccc2c2c1cnn2-c1cccc(C(F)(F)F)c1. The van der Waals surface area contributed by atoms with Crippen LogP contribution in [0.25, 0.3) is 27.6 Å². The number of benzene rings is 1. The molecule has 1 aromatic carbocycles. The molecule has 3 aromatic heterocycles. The Balaban J connectivity index is 2.07. The molecule has 0 unspecified atom stereocenters. The zero-order chi connectivity index (χ0) is 16.9. The molecule has 0 atom stereocenters. The Morgan fingerprint density at radius 1 is 1.08 bits per heavy atom. The number of aromatic amines is 1. The second-order valence-electron chi connectivity index (χ2n) is 5.22.